The summed E-state index contributed by atoms with van der Waals surface area (Å²) in [5.41, 5.74) is 3.90. The largest absolute Gasteiger partial charge is 0.507 e. The molecular formula is C21H16O3. The number of rotatable bonds is 4. The minimum Gasteiger partial charge on any atom is -0.507 e. The standard InChI is InChI=1S/C21H16O3/c22-20-12-11-16(14-19(20)21(23)24)10-9-15-5-4-8-18(13-15)17-6-2-1-3-7-17/h1-14,22H,(H,23,24). The van der Waals surface area contributed by atoms with Gasteiger partial charge in [0.15, 0.2) is 0 Å². The maximum absolute atomic E-state index is 11.1. The zero-order valence-electron chi connectivity index (χ0n) is 12.9. The van der Waals surface area contributed by atoms with Crippen molar-refractivity contribution in [3.63, 3.8) is 0 Å². The molecule has 3 aromatic carbocycles. The monoisotopic (exact) mass is 316 g/mol. The molecule has 0 aliphatic carbocycles. The summed E-state index contributed by atoms with van der Waals surface area (Å²) in [6, 6.07) is 22.7. The fourth-order valence-corrected chi connectivity index (χ4v) is 2.47. The Hall–Kier alpha value is -3.33. The van der Waals surface area contributed by atoms with E-state index >= 15 is 0 Å². The van der Waals surface area contributed by atoms with E-state index in [1.54, 1.807) is 6.07 Å². The van der Waals surface area contributed by atoms with Gasteiger partial charge in [-0.15, -0.1) is 0 Å². The van der Waals surface area contributed by atoms with E-state index in [2.05, 4.69) is 24.3 Å². The van der Waals surface area contributed by atoms with Gasteiger partial charge >= 0.3 is 5.97 Å². The van der Waals surface area contributed by atoms with Crippen molar-refractivity contribution in [2.45, 2.75) is 0 Å². The first-order valence-corrected chi connectivity index (χ1v) is 7.53. The smallest absolute Gasteiger partial charge is 0.339 e. The lowest BCUT2D eigenvalue weighted by Crippen LogP contribution is -1.96. The molecule has 0 saturated heterocycles. The number of aromatic carboxylic acids is 1. The van der Waals surface area contributed by atoms with Gasteiger partial charge in [-0.25, -0.2) is 4.79 Å². The molecule has 3 aromatic rings. The maximum atomic E-state index is 11.1. The molecule has 0 heterocycles. The maximum Gasteiger partial charge on any atom is 0.339 e. The molecule has 0 unspecified atom stereocenters. The van der Waals surface area contributed by atoms with Gasteiger partial charge in [0.25, 0.3) is 0 Å². The van der Waals surface area contributed by atoms with E-state index in [1.807, 2.05) is 42.5 Å². The Balaban J connectivity index is 1.88. The van der Waals surface area contributed by atoms with Crippen LogP contribution >= 0.6 is 0 Å². The van der Waals surface area contributed by atoms with Crippen LogP contribution in [0.4, 0.5) is 0 Å². The predicted octanol–water partition coefficient (Wildman–Crippen LogP) is 4.93. The van der Waals surface area contributed by atoms with E-state index in [9.17, 15) is 9.90 Å². The Bertz CT molecular complexity index is 896. The Kier molecular flexibility index (Phi) is 4.43. The van der Waals surface area contributed by atoms with Crippen molar-refractivity contribution in [2.75, 3.05) is 0 Å². The third-order valence-electron chi connectivity index (χ3n) is 3.71. The molecule has 0 atom stereocenters. The van der Waals surface area contributed by atoms with Gasteiger partial charge in [-0.3, -0.25) is 0 Å². The summed E-state index contributed by atoms with van der Waals surface area (Å²) >= 11 is 0. The van der Waals surface area contributed by atoms with Crippen LogP contribution in [0.25, 0.3) is 23.3 Å². The molecule has 0 fully saturated rings. The van der Waals surface area contributed by atoms with E-state index in [-0.39, 0.29) is 11.3 Å². The zero-order chi connectivity index (χ0) is 16.9. The minimum atomic E-state index is -1.14. The van der Waals surface area contributed by atoms with Crippen LogP contribution in [0.15, 0.2) is 72.8 Å². The molecule has 0 spiro atoms. The highest BCUT2D eigenvalue weighted by Gasteiger charge is 2.08. The molecule has 0 aromatic heterocycles. The van der Waals surface area contributed by atoms with Crippen molar-refractivity contribution in [1.82, 2.24) is 0 Å². The van der Waals surface area contributed by atoms with Crippen molar-refractivity contribution in [2.24, 2.45) is 0 Å². The number of carbonyl (C=O) groups is 1. The molecule has 3 nitrogen and oxygen atoms in total. The summed E-state index contributed by atoms with van der Waals surface area (Å²) in [5.74, 6) is -1.38. The summed E-state index contributed by atoms with van der Waals surface area (Å²) in [7, 11) is 0. The number of aromatic hydroxyl groups is 1. The number of benzene rings is 3. The van der Waals surface area contributed by atoms with Crippen LogP contribution in [0.5, 0.6) is 5.75 Å². The SMILES string of the molecule is O=C(O)c1cc(C=Cc2cccc(-c3ccccc3)c2)ccc1O. The average Bonchev–Trinajstić information content (AvgIpc) is 2.62. The van der Waals surface area contributed by atoms with Crippen LogP contribution in [0.3, 0.4) is 0 Å². The molecule has 0 bridgehead atoms. The van der Waals surface area contributed by atoms with Crippen LogP contribution in [0.1, 0.15) is 21.5 Å². The molecule has 0 saturated carbocycles. The number of hydrogen-bond acceptors (Lipinski definition) is 2. The van der Waals surface area contributed by atoms with Crippen molar-refractivity contribution >= 4 is 18.1 Å². The molecule has 0 aliphatic rings. The summed E-state index contributed by atoms with van der Waals surface area (Å²) in [6.07, 6.45) is 3.75. The molecule has 3 rings (SSSR count). The molecule has 0 amide bonds. The van der Waals surface area contributed by atoms with Gasteiger partial charge < -0.3 is 10.2 Å². The van der Waals surface area contributed by atoms with E-state index in [0.29, 0.717) is 0 Å². The van der Waals surface area contributed by atoms with Gasteiger partial charge in [0.1, 0.15) is 11.3 Å². The lowest BCUT2D eigenvalue weighted by atomic mass is 10.0. The number of carboxylic acid groups (broad SMARTS) is 1. The summed E-state index contributed by atoms with van der Waals surface area (Å²) in [6.45, 7) is 0. The summed E-state index contributed by atoms with van der Waals surface area (Å²) in [5, 5.41) is 18.6. The van der Waals surface area contributed by atoms with Crippen molar-refractivity contribution in [3.8, 4) is 16.9 Å². The lowest BCUT2D eigenvalue weighted by molar-refractivity contribution is 0.0693. The van der Waals surface area contributed by atoms with Gasteiger partial charge in [-0.05, 0) is 40.5 Å². The Morgan fingerprint density at radius 1 is 0.750 bits per heavy atom. The van der Waals surface area contributed by atoms with Crippen molar-refractivity contribution in [3.05, 3.63) is 89.5 Å². The fraction of sp³-hybridized carbons (Fsp3) is 0. The predicted molar refractivity (Wildman–Crippen MR) is 95.9 cm³/mol. The Morgan fingerprint density at radius 3 is 2.12 bits per heavy atom. The third kappa shape index (κ3) is 3.52. The molecular weight excluding hydrogens is 300 g/mol. The first-order chi connectivity index (χ1) is 11.6. The van der Waals surface area contributed by atoms with Crippen LogP contribution in [0.2, 0.25) is 0 Å². The van der Waals surface area contributed by atoms with Crippen molar-refractivity contribution < 1.29 is 15.0 Å². The molecule has 118 valence electrons. The second-order valence-corrected chi connectivity index (χ2v) is 5.41. The third-order valence-corrected chi connectivity index (χ3v) is 3.71. The van der Waals surface area contributed by atoms with Crippen LogP contribution in [-0.4, -0.2) is 16.2 Å². The Labute approximate surface area is 140 Å². The normalized spacial score (nSPS) is 10.8. The number of carboxylic acids is 1. The average molecular weight is 316 g/mol. The highest BCUT2D eigenvalue weighted by molar-refractivity contribution is 5.92. The highest BCUT2D eigenvalue weighted by Crippen LogP contribution is 2.22. The topological polar surface area (TPSA) is 57.5 Å². The second kappa shape index (κ2) is 6.84. The second-order valence-electron chi connectivity index (χ2n) is 5.41. The van der Waals surface area contributed by atoms with E-state index in [1.165, 1.54) is 12.1 Å². The molecule has 0 aliphatic heterocycles. The minimum absolute atomic E-state index is 0.102. The molecule has 0 radical (unpaired) electrons. The fourth-order valence-electron chi connectivity index (χ4n) is 2.47. The molecule has 2 N–H and O–H groups in total. The van der Waals surface area contributed by atoms with Crippen LogP contribution < -0.4 is 0 Å². The zero-order valence-corrected chi connectivity index (χ0v) is 12.9. The lowest BCUT2D eigenvalue weighted by Gasteiger charge is -2.03. The number of phenols is 1. The first kappa shape index (κ1) is 15.6. The van der Waals surface area contributed by atoms with Crippen LogP contribution in [-0.2, 0) is 0 Å². The van der Waals surface area contributed by atoms with Crippen LogP contribution in [0, 0.1) is 0 Å². The van der Waals surface area contributed by atoms with E-state index in [4.69, 9.17) is 5.11 Å². The van der Waals surface area contributed by atoms with Crippen molar-refractivity contribution in [1.29, 1.82) is 0 Å². The van der Waals surface area contributed by atoms with E-state index < -0.39 is 5.97 Å². The van der Waals surface area contributed by atoms with E-state index in [0.717, 1.165) is 22.3 Å². The summed E-state index contributed by atoms with van der Waals surface area (Å²) in [4.78, 5) is 11.1. The van der Waals surface area contributed by atoms with Gasteiger partial charge in [0.05, 0.1) is 0 Å². The van der Waals surface area contributed by atoms with Gasteiger partial charge in [-0.2, -0.15) is 0 Å². The quantitative estimate of drug-likeness (QED) is 0.671. The summed E-state index contributed by atoms with van der Waals surface area (Å²) < 4.78 is 0. The molecule has 24 heavy (non-hydrogen) atoms. The number of hydrogen-bond donors (Lipinski definition) is 2. The van der Waals surface area contributed by atoms with Gasteiger partial charge in [-0.1, -0.05) is 66.7 Å². The molecule has 3 heteroatoms. The highest BCUT2D eigenvalue weighted by atomic mass is 16.4. The van der Waals surface area contributed by atoms with Gasteiger partial charge in [0, 0.05) is 0 Å². The van der Waals surface area contributed by atoms with Gasteiger partial charge in [0.2, 0.25) is 0 Å². The Morgan fingerprint density at radius 2 is 1.42 bits per heavy atom. The first-order valence-electron chi connectivity index (χ1n) is 7.53.